The SMILES string of the molecule is CC1(C)OB(C(=Cc2ccc3c(c2)OCCO3)CS)OC1(C)C. The lowest BCUT2D eigenvalue weighted by Crippen LogP contribution is -2.41. The predicted octanol–water partition coefficient (Wildman–Crippen LogP) is 3.40. The van der Waals surface area contributed by atoms with Crippen molar-refractivity contribution in [1.82, 2.24) is 0 Å². The molecule has 0 atom stereocenters. The molecule has 2 aliphatic rings. The minimum atomic E-state index is -0.384. The lowest BCUT2D eigenvalue weighted by atomic mass is 9.78. The van der Waals surface area contributed by atoms with Gasteiger partial charge in [0.15, 0.2) is 11.5 Å². The second kappa shape index (κ2) is 6.08. The molecule has 0 aromatic heterocycles. The Balaban J connectivity index is 1.85. The van der Waals surface area contributed by atoms with E-state index in [9.17, 15) is 0 Å². The van der Waals surface area contributed by atoms with Gasteiger partial charge < -0.3 is 18.8 Å². The van der Waals surface area contributed by atoms with E-state index >= 15 is 0 Å². The third-order valence-corrected chi connectivity index (χ3v) is 5.02. The van der Waals surface area contributed by atoms with Gasteiger partial charge in [-0.2, -0.15) is 12.6 Å². The molecule has 2 heterocycles. The maximum absolute atomic E-state index is 6.11. The second-order valence-electron chi connectivity index (χ2n) is 6.87. The van der Waals surface area contributed by atoms with Gasteiger partial charge in [0.25, 0.3) is 0 Å². The van der Waals surface area contributed by atoms with E-state index in [-0.39, 0.29) is 18.3 Å². The number of hydrogen-bond acceptors (Lipinski definition) is 5. The number of hydrogen-bond donors (Lipinski definition) is 1. The topological polar surface area (TPSA) is 36.9 Å². The van der Waals surface area contributed by atoms with E-state index in [0.717, 1.165) is 22.5 Å². The van der Waals surface area contributed by atoms with Crippen molar-refractivity contribution in [2.45, 2.75) is 38.9 Å². The van der Waals surface area contributed by atoms with Crippen LogP contribution in [0.15, 0.2) is 23.7 Å². The zero-order chi connectivity index (χ0) is 16.7. The molecule has 0 amide bonds. The van der Waals surface area contributed by atoms with E-state index in [0.29, 0.717) is 19.0 Å². The molecule has 0 radical (unpaired) electrons. The average molecular weight is 334 g/mol. The molecule has 1 saturated heterocycles. The monoisotopic (exact) mass is 334 g/mol. The first-order chi connectivity index (χ1) is 10.8. The lowest BCUT2D eigenvalue weighted by molar-refractivity contribution is 0.00578. The van der Waals surface area contributed by atoms with Gasteiger partial charge in [0.1, 0.15) is 13.2 Å². The molecule has 0 unspecified atom stereocenters. The molecule has 23 heavy (non-hydrogen) atoms. The second-order valence-corrected chi connectivity index (χ2v) is 7.18. The summed E-state index contributed by atoms with van der Waals surface area (Å²) in [7, 11) is -0.384. The van der Waals surface area contributed by atoms with E-state index in [2.05, 4.69) is 12.6 Å². The first-order valence-electron chi connectivity index (χ1n) is 7.89. The Morgan fingerprint density at radius 1 is 1.09 bits per heavy atom. The minimum absolute atomic E-state index is 0.355. The molecular formula is C17H23BO4S. The van der Waals surface area contributed by atoms with Crippen LogP contribution in [0.1, 0.15) is 33.3 Å². The van der Waals surface area contributed by atoms with Crippen molar-refractivity contribution in [3.8, 4) is 11.5 Å². The Kier molecular flexibility index (Phi) is 4.42. The third kappa shape index (κ3) is 3.25. The van der Waals surface area contributed by atoms with Crippen LogP contribution in [0.4, 0.5) is 0 Å². The van der Waals surface area contributed by atoms with Crippen LogP contribution in [-0.4, -0.2) is 37.3 Å². The maximum Gasteiger partial charge on any atom is 0.491 e. The summed E-state index contributed by atoms with van der Waals surface area (Å²) in [6.07, 6.45) is 2.05. The first-order valence-corrected chi connectivity index (χ1v) is 8.52. The summed E-state index contributed by atoms with van der Waals surface area (Å²) < 4.78 is 23.4. The van der Waals surface area contributed by atoms with Crippen LogP contribution in [0.5, 0.6) is 11.5 Å². The van der Waals surface area contributed by atoms with Gasteiger partial charge in [0.2, 0.25) is 0 Å². The van der Waals surface area contributed by atoms with Crippen molar-refractivity contribution in [2.75, 3.05) is 19.0 Å². The predicted molar refractivity (Wildman–Crippen MR) is 95.3 cm³/mol. The third-order valence-electron chi connectivity index (χ3n) is 4.66. The number of rotatable bonds is 3. The smallest absolute Gasteiger partial charge is 0.486 e. The highest BCUT2D eigenvalue weighted by atomic mass is 32.1. The van der Waals surface area contributed by atoms with Gasteiger partial charge in [-0.25, -0.2) is 0 Å². The standard InChI is InChI=1S/C17H23BO4S/c1-16(2)17(3,4)22-18(21-16)13(11-23)9-12-5-6-14-15(10-12)20-8-7-19-14/h5-6,9-10,23H,7-8,11H2,1-4H3. The van der Waals surface area contributed by atoms with Crippen molar-refractivity contribution >= 4 is 25.8 Å². The molecule has 0 saturated carbocycles. The van der Waals surface area contributed by atoms with Gasteiger partial charge in [0, 0.05) is 5.75 Å². The summed E-state index contributed by atoms with van der Waals surface area (Å²) in [6, 6.07) is 5.91. The molecule has 124 valence electrons. The minimum Gasteiger partial charge on any atom is -0.486 e. The normalized spacial score (nSPS) is 22.3. The Morgan fingerprint density at radius 2 is 1.70 bits per heavy atom. The van der Waals surface area contributed by atoms with E-state index in [1.165, 1.54) is 0 Å². The lowest BCUT2D eigenvalue weighted by Gasteiger charge is -2.32. The molecule has 1 aromatic rings. The number of benzene rings is 1. The fourth-order valence-corrected chi connectivity index (χ4v) is 2.79. The highest BCUT2D eigenvalue weighted by Crippen LogP contribution is 2.39. The van der Waals surface area contributed by atoms with Gasteiger partial charge in [-0.15, -0.1) is 0 Å². The van der Waals surface area contributed by atoms with E-state index in [4.69, 9.17) is 18.8 Å². The molecule has 1 aromatic carbocycles. The van der Waals surface area contributed by atoms with Crippen LogP contribution in [0, 0.1) is 0 Å². The van der Waals surface area contributed by atoms with Crippen molar-refractivity contribution in [3.05, 3.63) is 29.2 Å². The first kappa shape index (κ1) is 16.7. The number of thiol groups is 1. The Hall–Kier alpha value is -1.11. The largest absolute Gasteiger partial charge is 0.491 e. The van der Waals surface area contributed by atoms with Crippen LogP contribution < -0.4 is 9.47 Å². The Bertz CT molecular complexity index is 611. The summed E-state index contributed by atoms with van der Waals surface area (Å²) in [5.41, 5.74) is 1.30. The van der Waals surface area contributed by atoms with Gasteiger partial charge in [0.05, 0.1) is 11.2 Å². The molecule has 4 nitrogen and oxygen atoms in total. The fraction of sp³-hybridized carbons (Fsp3) is 0.529. The molecule has 0 aliphatic carbocycles. The molecule has 1 fully saturated rings. The summed E-state index contributed by atoms with van der Waals surface area (Å²) in [5.74, 6) is 2.12. The number of fused-ring (bicyclic) bond motifs is 1. The van der Waals surface area contributed by atoms with Gasteiger partial charge >= 0.3 is 7.12 Å². The molecule has 3 rings (SSSR count). The van der Waals surface area contributed by atoms with Crippen molar-refractivity contribution in [3.63, 3.8) is 0 Å². The zero-order valence-corrected chi connectivity index (χ0v) is 15.0. The van der Waals surface area contributed by atoms with Gasteiger partial charge in [-0.3, -0.25) is 0 Å². The fourth-order valence-electron chi connectivity index (χ4n) is 2.55. The van der Waals surface area contributed by atoms with Gasteiger partial charge in [-0.05, 0) is 50.9 Å². The van der Waals surface area contributed by atoms with E-state index in [1.807, 2.05) is 52.0 Å². The Morgan fingerprint density at radius 3 is 2.30 bits per heavy atom. The summed E-state index contributed by atoms with van der Waals surface area (Å²) in [6.45, 7) is 9.37. The average Bonchev–Trinajstić information content (AvgIpc) is 2.72. The van der Waals surface area contributed by atoms with Gasteiger partial charge in [-0.1, -0.05) is 12.1 Å². The summed E-state index contributed by atoms with van der Waals surface area (Å²) in [4.78, 5) is 0. The molecular weight excluding hydrogens is 311 g/mol. The van der Waals surface area contributed by atoms with E-state index in [1.54, 1.807) is 0 Å². The van der Waals surface area contributed by atoms with Crippen LogP contribution in [0.3, 0.4) is 0 Å². The van der Waals surface area contributed by atoms with Crippen LogP contribution >= 0.6 is 12.6 Å². The van der Waals surface area contributed by atoms with Crippen molar-refractivity contribution < 1.29 is 18.8 Å². The highest BCUT2D eigenvalue weighted by molar-refractivity contribution is 7.80. The molecule has 0 bridgehead atoms. The highest BCUT2D eigenvalue weighted by Gasteiger charge is 2.52. The zero-order valence-electron chi connectivity index (χ0n) is 14.1. The quantitative estimate of drug-likeness (QED) is 0.679. The molecule has 6 heteroatoms. The van der Waals surface area contributed by atoms with Crippen molar-refractivity contribution in [2.24, 2.45) is 0 Å². The molecule has 2 aliphatic heterocycles. The van der Waals surface area contributed by atoms with Crippen LogP contribution in [0.25, 0.3) is 6.08 Å². The van der Waals surface area contributed by atoms with Crippen LogP contribution in [0.2, 0.25) is 0 Å². The summed E-state index contributed by atoms with van der Waals surface area (Å²) >= 11 is 4.45. The maximum atomic E-state index is 6.11. The number of ether oxygens (including phenoxy) is 2. The van der Waals surface area contributed by atoms with Crippen molar-refractivity contribution in [1.29, 1.82) is 0 Å². The van der Waals surface area contributed by atoms with E-state index < -0.39 is 0 Å². The van der Waals surface area contributed by atoms with Crippen LogP contribution in [-0.2, 0) is 9.31 Å². The summed E-state index contributed by atoms with van der Waals surface area (Å²) in [5, 5.41) is 0. The molecule has 0 N–H and O–H groups in total. The Labute approximate surface area is 143 Å². The molecule has 0 spiro atoms.